The molecule has 0 unspecified atom stereocenters. The van der Waals surface area contributed by atoms with E-state index in [4.69, 9.17) is 0 Å². The van der Waals surface area contributed by atoms with E-state index in [9.17, 15) is 4.79 Å². The van der Waals surface area contributed by atoms with Crippen LogP contribution in [0.15, 0.2) is 0 Å². The van der Waals surface area contributed by atoms with Gasteiger partial charge in [-0.3, -0.25) is 4.79 Å². The van der Waals surface area contributed by atoms with Gasteiger partial charge >= 0.3 is 0 Å². The number of rotatable bonds is 5. The molecule has 0 spiro atoms. The van der Waals surface area contributed by atoms with Gasteiger partial charge < -0.3 is 15.1 Å². The summed E-state index contributed by atoms with van der Waals surface area (Å²) in [5.41, 5.74) is 0. The van der Waals surface area contributed by atoms with Crippen LogP contribution in [-0.2, 0) is 4.79 Å². The summed E-state index contributed by atoms with van der Waals surface area (Å²) in [6.45, 7) is 5.75. The quantitative estimate of drug-likeness (QED) is 0.760. The summed E-state index contributed by atoms with van der Waals surface area (Å²) in [6.07, 6.45) is 4.85. The number of hydrogen-bond donors (Lipinski definition) is 1. The normalized spacial score (nSPS) is 21.6. The molecule has 2 fully saturated rings. The van der Waals surface area contributed by atoms with Crippen LogP contribution >= 0.6 is 0 Å². The van der Waals surface area contributed by atoms with Crippen LogP contribution in [0.25, 0.3) is 0 Å². The largest absolute Gasteiger partial charge is 0.340 e. The van der Waals surface area contributed by atoms with E-state index in [1.807, 2.05) is 4.90 Å². The van der Waals surface area contributed by atoms with E-state index >= 15 is 0 Å². The van der Waals surface area contributed by atoms with Crippen LogP contribution in [0.1, 0.15) is 25.7 Å². The Kier molecular flexibility index (Phi) is 4.80. The molecule has 0 bridgehead atoms. The van der Waals surface area contributed by atoms with Gasteiger partial charge in [0.1, 0.15) is 0 Å². The molecule has 1 aliphatic carbocycles. The van der Waals surface area contributed by atoms with Crippen molar-refractivity contribution in [2.24, 2.45) is 5.92 Å². The van der Waals surface area contributed by atoms with Gasteiger partial charge in [0.15, 0.2) is 0 Å². The smallest absolute Gasteiger partial charge is 0.223 e. The molecule has 0 aromatic carbocycles. The van der Waals surface area contributed by atoms with E-state index in [2.05, 4.69) is 17.3 Å². The van der Waals surface area contributed by atoms with E-state index in [0.29, 0.717) is 12.3 Å². The lowest BCUT2D eigenvalue weighted by Gasteiger charge is -2.31. The SMILES string of the molecule is CN(CCC(=O)N1CCNCC1)CC1CCC1. The van der Waals surface area contributed by atoms with Crippen LogP contribution in [0.2, 0.25) is 0 Å². The number of hydrogen-bond acceptors (Lipinski definition) is 3. The van der Waals surface area contributed by atoms with Crippen LogP contribution in [-0.4, -0.2) is 62.0 Å². The average molecular weight is 239 g/mol. The average Bonchev–Trinajstić information content (AvgIpc) is 2.32. The van der Waals surface area contributed by atoms with Crippen molar-refractivity contribution in [3.8, 4) is 0 Å². The van der Waals surface area contributed by atoms with Crippen LogP contribution in [0.5, 0.6) is 0 Å². The van der Waals surface area contributed by atoms with Gasteiger partial charge in [-0.15, -0.1) is 0 Å². The van der Waals surface area contributed by atoms with Crippen molar-refractivity contribution in [3.05, 3.63) is 0 Å². The summed E-state index contributed by atoms with van der Waals surface area (Å²) in [5.74, 6) is 1.22. The molecule has 98 valence electrons. The third-order valence-corrected chi connectivity index (χ3v) is 3.97. The minimum atomic E-state index is 0.326. The Morgan fingerprint density at radius 1 is 1.35 bits per heavy atom. The predicted octanol–water partition coefficient (Wildman–Crippen LogP) is 0.540. The van der Waals surface area contributed by atoms with Crippen LogP contribution in [0.4, 0.5) is 0 Å². The van der Waals surface area contributed by atoms with Crippen molar-refractivity contribution >= 4 is 5.91 Å². The Balaban J connectivity index is 1.60. The third-order valence-electron chi connectivity index (χ3n) is 3.97. The highest BCUT2D eigenvalue weighted by atomic mass is 16.2. The van der Waals surface area contributed by atoms with E-state index in [1.165, 1.54) is 25.8 Å². The summed E-state index contributed by atoms with van der Waals surface area (Å²) < 4.78 is 0. The fourth-order valence-corrected chi connectivity index (χ4v) is 2.57. The summed E-state index contributed by atoms with van der Waals surface area (Å²) in [7, 11) is 2.14. The number of piperazine rings is 1. The first-order valence-corrected chi connectivity index (χ1v) is 6.93. The van der Waals surface area contributed by atoms with E-state index in [1.54, 1.807) is 0 Å². The molecule has 4 heteroatoms. The zero-order chi connectivity index (χ0) is 12.1. The van der Waals surface area contributed by atoms with Crippen LogP contribution in [0.3, 0.4) is 0 Å². The molecule has 4 nitrogen and oxygen atoms in total. The molecule has 0 atom stereocenters. The molecule has 1 N–H and O–H groups in total. The molecule has 1 saturated carbocycles. The molecule has 2 aliphatic rings. The fraction of sp³-hybridized carbons (Fsp3) is 0.923. The minimum absolute atomic E-state index is 0.326. The minimum Gasteiger partial charge on any atom is -0.340 e. The highest BCUT2D eigenvalue weighted by molar-refractivity contribution is 5.76. The van der Waals surface area contributed by atoms with Gasteiger partial charge in [0.05, 0.1) is 0 Å². The Morgan fingerprint density at radius 2 is 2.06 bits per heavy atom. The molecular weight excluding hydrogens is 214 g/mol. The first-order chi connectivity index (χ1) is 8.25. The second-order valence-corrected chi connectivity index (χ2v) is 5.44. The molecular formula is C13H25N3O. The van der Waals surface area contributed by atoms with Gasteiger partial charge in [0, 0.05) is 45.7 Å². The van der Waals surface area contributed by atoms with E-state index in [0.717, 1.165) is 38.6 Å². The van der Waals surface area contributed by atoms with E-state index in [-0.39, 0.29) is 0 Å². The summed E-state index contributed by atoms with van der Waals surface area (Å²) in [6, 6.07) is 0. The van der Waals surface area contributed by atoms with Crippen molar-refractivity contribution in [1.82, 2.24) is 15.1 Å². The molecule has 1 amide bonds. The number of amides is 1. The summed E-state index contributed by atoms with van der Waals surface area (Å²) in [5, 5.41) is 3.27. The number of nitrogens with one attached hydrogen (secondary N) is 1. The molecule has 1 saturated heterocycles. The predicted molar refractivity (Wildman–Crippen MR) is 68.9 cm³/mol. The maximum atomic E-state index is 11.9. The lowest BCUT2D eigenvalue weighted by Crippen LogP contribution is -2.47. The molecule has 1 aliphatic heterocycles. The molecule has 0 radical (unpaired) electrons. The second kappa shape index (κ2) is 6.36. The van der Waals surface area contributed by atoms with Crippen molar-refractivity contribution in [3.63, 3.8) is 0 Å². The Hall–Kier alpha value is -0.610. The zero-order valence-corrected chi connectivity index (χ0v) is 11.0. The standard InChI is InChI=1S/C13H25N3O/c1-15(11-12-3-2-4-12)8-5-13(17)16-9-6-14-7-10-16/h12,14H,2-11H2,1H3. The lowest BCUT2D eigenvalue weighted by molar-refractivity contribution is -0.132. The number of carbonyl (C=O) groups is 1. The van der Waals surface area contributed by atoms with Crippen molar-refractivity contribution < 1.29 is 4.79 Å². The first-order valence-electron chi connectivity index (χ1n) is 6.93. The highest BCUT2D eigenvalue weighted by Crippen LogP contribution is 2.26. The topological polar surface area (TPSA) is 35.6 Å². The third kappa shape index (κ3) is 3.96. The van der Waals surface area contributed by atoms with Gasteiger partial charge in [-0.1, -0.05) is 6.42 Å². The molecule has 2 rings (SSSR count). The van der Waals surface area contributed by atoms with E-state index < -0.39 is 0 Å². The number of nitrogens with zero attached hydrogens (tertiary/aromatic N) is 2. The fourth-order valence-electron chi connectivity index (χ4n) is 2.57. The Bertz CT molecular complexity index is 247. The summed E-state index contributed by atoms with van der Waals surface area (Å²) in [4.78, 5) is 16.3. The molecule has 0 aromatic heterocycles. The van der Waals surface area contributed by atoms with Gasteiger partial charge in [0.25, 0.3) is 0 Å². The lowest BCUT2D eigenvalue weighted by atomic mass is 9.85. The van der Waals surface area contributed by atoms with Gasteiger partial charge in [-0.05, 0) is 25.8 Å². The molecule has 1 heterocycles. The monoisotopic (exact) mass is 239 g/mol. The Morgan fingerprint density at radius 3 is 2.65 bits per heavy atom. The van der Waals surface area contributed by atoms with Gasteiger partial charge in [-0.25, -0.2) is 0 Å². The highest BCUT2D eigenvalue weighted by Gasteiger charge is 2.20. The molecule has 17 heavy (non-hydrogen) atoms. The van der Waals surface area contributed by atoms with Crippen molar-refractivity contribution in [2.45, 2.75) is 25.7 Å². The summed E-state index contributed by atoms with van der Waals surface area (Å²) >= 11 is 0. The number of carbonyl (C=O) groups excluding carboxylic acids is 1. The van der Waals surface area contributed by atoms with Gasteiger partial charge in [-0.2, -0.15) is 0 Å². The Labute approximate surface area is 104 Å². The first kappa shape index (κ1) is 12.8. The van der Waals surface area contributed by atoms with Crippen molar-refractivity contribution in [1.29, 1.82) is 0 Å². The van der Waals surface area contributed by atoms with Crippen molar-refractivity contribution in [2.75, 3.05) is 46.3 Å². The zero-order valence-electron chi connectivity index (χ0n) is 11.0. The van der Waals surface area contributed by atoms with Crippen LogP contribution in [0, 0.1) is 5.92 Å². The maximum Gasteiger partial charge on any atom is 0.223 e. The molecule has 0 aromatic rings. The maximum absolute atomic E-state index is 11.9. The van der Waals surface area contributed by atoms with Gasteiger partial charge in [0.2, 0.25) is 5.91 Å². The van der Waals surface area contributed by atoms with Crippen LogP contribution < -0.4 is 5.32 Å². The second-order valence-electron chi connectivity index (χ2n) is 5.44.